The molecule has 0 saturated carbocycles. The number of ether oxygens (including phenoxy) is 1. The van der Waals surface area contributed by atoms with E-state index in [1.165, 1.54) is 16.7 Å². The first-order valence-corrected chi connectivity index (χ1v) is 7.24. The zero-order chi connectivity index (χ0) is 14.4. The summed E-state index contributed by atoms with van der Waals surface area (Å²) in [6, 6.07) is 17.5. The standard InChI is InChI=1S/C18H23NO/c1-4-20-18-11-9-17(10-12-18)16-7-5-15(6-8-16)13-19-14(2)3/h5-12,14,19H,4,13H2,1-3H3. The van der Waals surface area contributed by atoms with E-state index in [1.807, 2.05) is 19.1 Å². The van der Waals surface area contributed by atoms with E-state index in [1.54, 1.807) is 0 Å². The van der Waals surface area contributed by atoms with E-state index >= 15 is 0 Å². The number of hydrogen-bond donors (Lipinski definition) is 1. The van der Waals surface area contributed by atoms with Crippen molar-refractivity contribution >= 4 is 0 Å². The van der Waals surface area contributed by atoms with Crippen molar-refractivity contribution in [2.24, 2.45) is 0 Å². The van der Waals surface area contributed by atoms with Crippen LogP contribution in [0.3, 0.4) is 0 Å². The van der Waals surface area contributed by atoms with Crippen molar-refractivity contribution in [1.29, 1.82) is 0 Å². The molecule has 0 amide bonds. The van der Waals surface area contributed by atoms with Crippen molar-refractivity contribution in [2.45, 2.75) is 33.4 Å². The maximum Gasteiger partial charge on any atom is 0.119 e. The SMILES string of the molecule is CCOc1ccc(-c2ccc(CNC(C)C)cc2)cc1. The molecule has 2 rings (SSSR count). The summed E-state index contributed by atoms with van der Waals surface area (Å²) in [5.41, 5.74) is 3.77. The van der Waals surface area contributed by atoms with Gasteiger partial charge in [0.25, 0.3) is 0 Å². The molecule has 0 aliphatic rings. The Morgan fingerprint density at radius 2 is 1.45 bits per heavy atom. The molecule has 0 aliphatic heterocycles. The average Bonchev–Trinajstić information content (AvgIpc) is 2.47. The van der Waals surface area contributed by atoms with Gasteiger partial charge in [0.05, 0.1) is 6.61 Å². The van der Waals surface area contributed by atoms with Gasteiger partial charge in [0.1, 0.15) is 5.75 Å². The van der Waals surface area contributed by atoms with Crippen LogP contribution in [0.5, 0.6) is 5.75 Å². The minimum Gasteiger partial charge on any atom is -0.494 e. The molecule has 0 fully saturated rings. The number of hydrogen-bond acceptors (Lipinski definition) is 2. The van der Waals surface area contributed by atoms with Gasteiger partial charge < -0.3 is 10.1 Å². The van der Waals surface area contributed by atoms with Gasteiger partial charge in [0, 0.05) is 12.6 Å². The average molecular weight is 269 g/mol. The molecule has 2 nitrogen and oxygen atoms in total. The molecule has 0 heterocycles. The second kappa shape index (κ2) is 7.11. The summed E-state index contributed by atoms with van der Waals surface area (Å²) in [5.74, 6) is 0.925. The van der Waals surface area contributed by atoms with Crippen molar-refractivity contribution in [2.75, 3.05) is 6.61 Å². The Morgan fingerprint density at radius 1 is 0.900 bits per heavy atom. The van der Waals surface area contributed by atoms with Crippen molar-refractivity contribution in [3.63, 3.8) is 0 Å². The van der Waals surface area contributed by atoms with Crippen LogP contribution in [0.4, 0.5) is 0 Å². The van der Waals surface area contributed by atoms with Gasteiger partial charge in [-0.2, -0.15) is 0 Å². The fourth-order valence-electron chi connectivity index (χ4n) is 2.05. The molecule has 106 valence electrons. The summed E-state index contributed by atoms with van der Waals surface area (Å²) in [6.07, 6.45) is 0. The third kappa shape index (κ3) is 4.10. The van der Waals surface area contributed by atoms with Crippen molar-refractivity contribution < 1.29 is 4.74 Å². The predicted octanol–water partition coefficient (Wildman–Crippen LogP) is 4.25. The summed E-state index contributed by atoms with van der Waals surface area (Å²) < 4.78 is 5.46. The van der Waals surface area contributed by atoms with Crippen LogP contribution in [0.25, 0.3) is 11.1 Å². The molecule has 1 N–H and O–H groups in total. The van der Waals surface area contributed by atoms with Gasteiger partial charge in [-0.1, -0.05) is 50.2 Å². The summed E-state index contributed by atoms with van der Waals surface area (Å²) >= 11 is 0. The molecular formula is C18H23NO. The van der Waals surface area contributed by atoms with Gasteiger partial charge in [0.2, 0.25) is 0 Å². The fraction of sp³-hybridized carbons (Fsp3) is 0.333. The largest absolute Gasteiger partial charge is 0.494 e. The topological polar surface area (TPSA) is 21.3 Å². The molecule has 2 heteroatoms. The molecule has 0 unspecified atom stereocenters. The molecule has 0 saturated heterocycles. The van der Waals surface area contributed by atoms with Gasteiger partial charge >= 0.3 is 0 Å². The van der Waals surface area contributed by atoms with Crippen LogP contribution >= 0.6 is 0 Å². The molecule has 0 aromatic heterocycles. The van der Waals surface area contributed by atoms with Gasteiger partial charge in [0.15, 0.2) is 0 Å². The Labute approximate surface area is 121 Å². The van der Waals surface area contributed by atoms with Crippen LogP contribution in [0, 0.1) is 0 Å². The number of nitrogens with one attached hydrogen (secondary N) is 1. The van der Waals surface area contributed by atoms with E-state index in [-0.39, 0.29) is 0 Å². The van der Waals surface area contributed by atoms with E-state index < -0.39 is 0 Å². The van der Waals surface area contributed by atoms with Crippen LogP contribution in [0.2, 0.25) is 0 Å². The lowest BCUT2D eigenvalue weighted by molar-refractivity contribution is 0.340. The first kappa shape index (κ1) is 14.6. The Morgan fingerprint density at radius 3 is 1.95 bits per heavy atom. The molecule has 0 bridgehead atoms. The van der Waals surface area contributed by atoms with Crippen LogP contribution in [-0.4, -0.2) is 12.6 Å². The maximum absolute atomic E-state index is 5.46. The third-order valence-electron chi connectivity index (χ3n) is 3.17. The lowest BCUT2D eigenvalue weighted by Crippen LogP contribution is -2.21. The van der Waals surface area contributed by atoms with E-state index in [0.717, 1.165) is 12.3 Å². The third-order valence-corrected chi connectivity index (χ3v) is 3.17. The fourth-order valence-corrected chi connectivity index (χ4v) is 2.05. The highest BCUT2D eigenvalue weighted by molar-refractivity contribution is 5.64. The number of benzene rings is 2. The highest BCUT2D eigenvalue weighted by atomic mass is 16.5. The van der Waals surface area contributed by atoms with Gasteiger partial charge in [-0.05, 0) is 35.7 Å². The van der Waals surface area contributed by atoms with Gasteiger partial charge in [-0.25, -0.2) is 0 Å². The molecule has 20 heavy (non-hydrogen) atoms. The Hall–Kier alpha value is -1.80. The zero-order valence-electron chi connectivity index (χ0n) is 12.5. The minimum atomic E-state index is 0.515. The van der Waals surface area contributed by atoms with Crippen LogP contribution in [0.15, 0.2) is 48.5 Å². The molecule has 0 spiro atoms. The predicted molar refractivity (Wildman–Crippen MR) is 85.0 cm³/mol. The monoisotopic (exact) mass is 269 g/mol. The second-order valence-corrected chi connectivity index (χ2v) is 5.19. The van der Waals surface area contributed by atoms with Crippen molar-refractivity contribution in [3.05, 3.63) is 54.1 Å². The smallest absolute Gasteiger partial charge is 0.119 e. The van der Waals surface area contributed by atoms with Crippen molar-refractivity contribution in [1.82, 2.24) is 5.32 Å². The summed E-state index contributed by atoms with van der Waals surface area (Å²) in [7, 11) is 0. The van der Waals surface area contributed by atoms with E-state index in [4.69, 9.17) is 4.74 Å². The normalized spacial score (nSPS) is 10.8. The molecule has 0 atom stereocenters. The lowest BCUT2D eigenvalue weighted by atomic mass is 10.0. The van der Waals surface area contributed by atoms with Crippen molar-refractivity contribution in [3.8, 4) is 16.9 Å². The summed E-state index contributed by atoms with van der Waals surface area (Å²) in [4.78, 5) is 0. The van der Waals surface area contributed by atoms with Crippen LogP contribution in [0.1, 0.15) is 26.3 Å². The van der Waals surface area contributed by atoms with Crippen LogP contribution < -0.4 is 10.1 Å². The first-order chi connectivity index (χ1) is 9.69. The molecule has 2 aromatic carbocycles. The summed E-state index contributed by atoms with van der Waals surface area (Å²) in [5, 5.41) is 3.43. The molecule has 0 radical (unpaired) electrons. The number of rotatable bonds is 6. The van der Waals surface area contributed by atoms with Gasteiger partial charge in [-0.3, -0.25) is 0 Å². The van der Waals surface area contributed by atoms with E-state index in [0.29, 0.717) is 12.6 Å². The van der Waals surface area contributed by atoms with Gasteiger partial charge in [-0.15, -0.1) is 0 Å². The first-order valence-electron chi connectivity index (χ1n) is 7.24. The highest BCUT2D eigenvalue weighted by Gasteiger charge is 2.00. The van der Waals surface area contributed by atoms with E-state index in [2.05, 4.69) is 55.6 Å². The lowest BCUT2D eigenvalue weighted by Gasteiger charge is -2.09. The molecule has 2 aromatic rings. The summed E-state index contributed by atoms with van der Waals surface area (Å²) in [6.45, 7) is 7.94. The Bertz CT molecular complexity index is 514. The minimum absolute atomic E-state index is 0.515. The quantitative estimate of drug-likeness (QED) is 0.846. The molecule has 0 aliphatic carbocycles. The Balaban J connectivity index is 2.05. The maximum atomic E-state index is 5.46. The highest BCUT2D eigenvalue weighted by Crippen LogP contribution is 2.22. The zero-order valence-corrected chi connectivity index (χ0v) is 12.5. The molecular weight excluding hydrogens is 246 g/mol. The van der Waals surface area contributed by atoms with Crippen LogP contribution in [-0.2, 0) is 6.54 Å². The second-order valence-electron chi connectivity index (χ2n) is 5.19. The van der Waals surface area contributed by atoms with E-state index in [9.17, 15) is 0 Å². The Kier molecular flexibility index (Phi) is 5.19.